The summed E-state index contributed by atoms with van der Waals surface area (Å²) in [4.78, 5) is 16.0. The van der Waals surface area contributed by atoms with Crippen LogP contribution in [-0.4, -0.2) is 10.9 Å². The second-order valence-electron chi connectivity index (χ2n) is 4.24. The number of carbonyl (C=O) groups excluding carboxylic acids is 1. The van der Waals surface area contributed by atoms with Gasteiger partial charge >= 0.3 is 0 Å². The molecule has 1 aromatic carbocycles. The summed E-state index contributed by atoms with van der Waals surface area (Å²) in [5.41, 5.74) is 5.67. The van der Waals surface area contributed by atoms with E-state index in [1.54, 1.807) is 12.3 Å². The molecule has 0 saturated carbocycles. The summed E-state index contributed by atoms with van der Waals surface area (Å²) >= 11 is 0. The summed E-state index contributed by atoms with van der Waals surface area (Å²) in [6.07, 6.45) is 3.07. The zero-order chi connectivity index (χ0) is 13.7. The number of pyridine rings is 1. The van der Waals surface area contributed by atoms with Crippen molar-refractivity contribution >= 4 is 11.6 Å². The Morgan fingerprint density at radius 3 is 2.95 bits per heavy atom. The van der Waals surface area contributed by atoms with E-state index in [9.17, 15) is 4.79 Å². The van der Waals surface area contributed by atoms with Crippen LogP contribution in [0.25, 0.3) is 0 Å². The molecule has 0 unspecified atom stereocenters. The Kier molecular flexibility index (Phi) is 4.10. The zero-order valence-corrected chi connectivity index (χ0v) is 10.7. The Morgan fingerprint density at radius 2 is 2.21 bits per heavy atom. The summed E-state index contributed by atoms with van der Waals surface area (Å²) in [5.74, 6) is 5.16. The number of hydrogen-bond acceptors (Lipinski definition) is 4. The first-order valence-electron chi connectivity index (χ1n) is 5.95. The molecule has 0 bridgehead atoms. The van der Waals surface area contributed by atoms with Crippen molar-refractivity contribution in [3.05, 3.63) is 59.4 Å². The number of nitrogen functional groups attached to an aromatic ring is 1. The molecule has 19 heavy (non-hydrogen) atoms. The maximum Gasteiger partial charge on any atom is 0.253 e. The van der Waals surface area contributed by atoms with Gasteiger partial charge in [0.05, 0.1) is 17.4 Å². The Morgan fingerprint density at radius 1 is 1.37 bits per heavy atom. The minimum atomic E-state index is -0.183. The third-order valence-corrected chi connectivity index (χ3v) is 2.76. The molecule has 0 saturated heterocycles. The number of aryl methyl sites for hydroxylation is 1. The molecular formula is C14H16N4O. The van der Waals surface area contributed by atoms with Crippen LogP contribution in [0.15, 0.2) is 42.7 Å². The molecule has 0 aliphatic carbocycles. The molecule has 1 aromatic heterocycles. The number of amides is 1. The van der Waals surface area contributed by atoms with Gasteiger partial charge in [-0.15, -0.1) is 0 Å². The monoisotopic (exact) mass is 256 g/mol. The topological polar surface area (TPSA) is 80.0 Å². The minimum Gasteiger partial charge on any atom is -0.348 e. The number of benzene rings is 1. The van der Waals surface area contributed by atoms with E-state index in [0.717, 1.165) is 5.56 Å². The van der Waals surface area contributed by atoms with Gasteiger partial charge in [0, 0.05) is 12.7 Å². The lowest BCUT2D eigenvalue weighted by atomic mass is 10.1. The number of nitrogens with zero attached hydrogens (tertiary/aromatic N) is 1. The maximum absolute atomic E-state index is 12.0. The minimum absolute atomic E-state index is 0.183. The maximum atomic E-state index is 12.0. The average Bonchev–Trinajstić information content (AvgIpc) is 2.45. The summed E-state index contributed by atoms with van der Waals surface area (Å²) in [5, 5.41) is 2.85. The lowest BCUT2D eigenvalue weighted by Gasteiger charge is -2.09. The van der Waals surface area contributed by atoms with Gasteiger partial charge < -0.3 is 10.7 Å². The van der Waals surface area contributed by atoms with E-state index in [-0.39, 0.29) is 5.91 Å². The summed E-state index contributed by atoms with van der Waals surface area (Å²) in [7, 11) is 0. The number of rotatable bonds is 4. The van der Waals surface area contributed by atoms with Gasteiger partial charge in [-0.25, -0.2) is 0 Å². The number of hydrogen-bond donors (Lipinski definition) is 3. The van der Waals surface area contributed by atoms with Gasteiger partial charge in [-0.05, 0) is 18.6 Å². The van der Waals surface area contributed by atoms with E-state index in [1.165, 1.54) is 11.8 Å². The first-order chi connectivity index (χ1) is 9.20. The molecule has 0 aliphatic rings. The highest BCUT2D eigenvalue weighted by Gasteiger charge is 2.10. The molecule has 1 amide bonds. The Labute approximate surface area is 111 Å². The molecule has 2 rings (SSSR count). The van der Waals surface area contributed by atoms with E-state index in [0.29, 0.717) is 17.8 Å². The number of aromatic nitrogens is 1. The fourth-order valence-corrected chi connectivity index (χ4v) is 1.81. The van der Waals surface area contributed by atoms with Gasteiger partial charge in [0.2, 0.25) is 0 Å². The van der Waals surface area contributed by atoms with Gasteiger partial charge in [0.1, 0.15) is 0 Å². The van der Waals surface area contributed by atoms with Crippen molar-refractivity contribution in [1.29, 1.82) is 0 Å². The van der Waals surface area contributed by atoms with Crippen molar-refractivity contribution in [2.75, 3.05) is 5.43 Å². The van der Waals surface area contributed by atoms with E-state index in [4.69, 9.17) is 5.84 Å². The smallest absolute Gasteiger partial charge is 0.253 e. The molecule has 0 spiro atoms. The highest BCUT2D eigenvalue weighted by Crippen LogP contribution is 2.12. The quantitative estimate of drug-likeness (QED) is 0.573. The molecule has 5 heteroatoms. The Bertz CT molecular complexity index is 583. The third-order valence-electron chi connectivity index (χ3n) is 2.76. The molecule has 98 valence electrons. The van der Waals surface area contributed by atoms with Crippen LogP contribution in [0.3, 0.4) is 0 Å². The van der Waals surface area contributed by atoms with Crippen LogP contribution in [0.1, 0.15) is 21.5 Å². The molecule has 0 aliphatic heterocycles. The standard InChI is InChI=1S/C14H16N4O/c1-10-3-2-4-11(7-10)8-17-14(19)12-5-6-16-9-13(12)18-15/h2-7,9,18H,8,15H2,1H3,(H,17,19). The molecule has 0 fully saturated rings. The fraction of sp³-hybridized carbons (Fsp3) is 0.143. The molecular weight excluding hydrogens is 240 g/mol. The highest BCUT2D eigenvalue weighted by atomic mass is 16.1. The van der Waals surface area contributed by atoms with Crippen molar-refractivity contribution in [3.63, 3.8) is 0 Å². The fourth-order valence-electron chi connectivity index (χ4n) is 1.81. The van der Waals surface area contributed by atoms with Crippen molar-refractivity contribution in [2.24, 2.45) is 5.84 Å². The van der Waals surface area contributed by atoms with Crippen LogP contribution >= 0.6 is 0 Å². The van der Waals surface area contributed by atoms with Gasteiger partial charge in [-0.1, -0.05) is 29.8 Å². The molecule has 1 heterocycles. The normalized spacial score (nSPS) is 10.0. The van der Waals surface area contributed by atoms with Crippen LogP contribution in [0.4, 0.5) is 5.69 Å². The predicted molar refractivity (Wildman–Crippen MR) is 74.4 cm³/mol. The summed E-state index contributed by atoms with van der Waals surface area (Å²) in [6.45, 7) is 2.50. The van der Waals surface area contributed by atoms with Crippen LogP contribution < -0.4 is 16.6 Å². The molecule has 0 atom stereocenters. The van der Waals surface area contributed by atoms with Crippen LogP contribution in [-0.2, 0) is 6.54 Å². The molecule has 2 aromatic rings. The first kappa shape index (κ1) is 13.0. The lowest BCUT2D eigenvalue weighted by Crippen LogP contribution is -2.24. The van der Waals surface area contributed by atoms with E-state index in [2.05, 4.69) is 15.7 Å². The third kappa shape index (κ3) is 3.29. The summed E-state index contributed by atoms with van der Waals surface area (Å²) < 4.78 is 0. The largest absolute Gasteiger partial charge is 0.348 e. The van der Waals surface area contributed by atoms with Crippen molar-refractivity contribution in [1.82, 2.24) is 10.3 Å². The molecule has 0 radical (unpaired) electrons. The van der Waals surface area contributed by atoms with Crippen LogP contribution in [0.2, 0.25) is 0 Å². The summed E-state index contributed by atoms with van der Waals surface area (Å²) in [6, 6.07) is 9.62. The number of carbonyl (C=O) groups is 1. The average molecular weight is 256 g/mol. The van der Waals surface area contributed by atoms with Gasteiger partial charge in [0.25, 0.3) is 5.91 Å². The second kappa shape index (κ2) is 5.97. The van der Waals surface area contributed by atoms with Crippen molar-refractivity contribution < 1.29 is 4.79 Å². The van der Waals surface area contributed by atoms with Gasteiger partial charge in [-0.3, -0.25) is 15.6 Å². The SMILES string of the molecule is Cc1cccc(CNC(=O)c2ccncc2NN)c1. The lowest BCUT2D eigenvalue weighted by molar-refractivity contribution is 0.0951. The van der Waals surface area contributed by atoms with Gasteiger partial charge in [0.15, 0.2) is 0 Å². The first-order valence-corrected chi connectivity index (χ1v) is 5.95. The van der Waals surface area contributed by atoms with Crippen molar-refractivity contribution in [2.45, 2.75) is 13.5 Å². The zero-order valence-electron chi connectivity index (χ0n) is 10.7. The predicted octanol–water partition coefficient (Wildman–Crippen LogP) is 1.61. The second-order valence-corrected chi connectivity index (χ2v) is 4.24. The van der Waals surface area contributed by atoms with E-state index >= 15 is 0 Å². The Balaban J connectivity index is 2.05. The Hall–Kier alpha value is -2.40. The van der Waals surface area contributed by atoms with E-state index < -0.39 is 0 Å². The number of nitrogens with one attached hydrogen (secondary N) is 2. The van der Waals surface area contributed by atoms with Crippen LogP contribution in [0, 0.1) is 6.92 Å². The highest BCUT2D eigenvalue weighted by molar-refractivity contribution is 5.99. The van der Waals surface area contributed by atoms with Gasteiger partial charge in [-0.2, -0.15) is 0 Å². The van der Waals surface area contributed by atoms with E-state index in [1.807, 2.05) is 31.2 Å². The van der Waals surface area contributed by atoms with Crippen molar-refractivity contribution in [3.8, 4) is 0 Å². The molecule has 5 nitrogen and oxygen atoms in total. The molecule has 4 N–H and O–H groups in total. The van der Waals surface area contributed by atoms with Crippen LogP contribution in [0.5, 0.6) is 0 Å². The number of hydrazine groups is 1. The number of anilines is 1. The number of nitrogens with two attached hydrogens (primary N) is 1.